The summed E-state index contributed by atoms with van der Waals surface area (Å²) < 4.78 is 10.4. The molecule has 2 aliphatic rings. The monoisotopic (exact) mass is 414 g/mol. The molecule has 0 atom stereocenters. The van der Waals surface area contributed by atoms with E-state index in [2.05, 4.69) is 0 Å². The number of rotatable bonds is 2. The van der Waals surface area contributed by atoms with Gasteiger partial charge in [0.15, 0.2) is 0 Å². The fourth-order valence-electron chi connectivity index (χ4n) is 2.48. The van der Waals surface area contributed by atoms with Crippen molar-refractivity contribution in [2.24, 2.45) is 23.3 Å². The van der Waals surface area contributed by atoms with E-state index >= 15 is 0 Å². The molecule has 4 N–H and O–H groups in total. The molecule has 2 saturated carbocycles. The van der Waals surface area contributed by atoms with Crippen molar-refractivity contribution >= 4 is 36.8 Å². The highest BCUT2D eigenvalue weighted by atomic mass is 35.5. The molecular weight excluding hydrogens is 379 g/mol. The third kappa shape index (κ3) is 10.6. The molecule has 0 spiro atoms. The highest BCUT2D eigenvalue weighted by Crippen LogP contribution is 2.29. The minimum atomic E-state index is -0.364. The zero-order valence-electron chi connectivity index (χ0n) is 16.7. The predicted molar refractivity (Wildman–Crippen MR) is 108 cm³/mol. The second kappa shape index (κ2) is 10.7. The number of ether oxygens (including phenoxy) is 2. The van der Waals surface area contributed by atoms with E-state index in [0.717, 1.165) is 25.7 Å². The van der Waals surface area contributed by atoms with Gasteiger partial charge in [-0.25, -0.2) is 0 Å². The van der Waals surface area contributed by atoms with Crippen LogP contribution < -0.4 is 11.5 Å². The van der Waals surface area contributed by atoms with Crippen molar-refractivity contribution in [2.75, 3.05) is 0 Å². The summed E-state index contributed by atoms with van der Waals surface area (Å²) in [6.45, 7) is 11.3. The summed E-state index contributed by atoms with van der Waals surface area (Å²) in [6.07, 6.45) is 3.15. The molecule has 0 aliphatic heterocycles. The number of halogens is 2. The number of carbonyl (C=O) groups excluding carboxylic acids is 2. The SMILES string of the molecule is CC(C)(C)OC(=O)C1CC(N)C1.CC(C)(C)OC(=O)C1CC(N)C1.Cl.Cl. The second-order valence-corrected chi connectivity index (χ2v) is 8.92. The van der Waals surface area contributed by atoms with Gasteiger partial charge in [-0.1, -0.05) is 0 Å². The van der Waals surface area contributed by atoms with Gasteiger partial charge < -0.3 is 20.9 Å². The number of hydrogen-bond acceptors (Lipinski definition) is 6. The van der Waals surface area contributed by atoms with Crippen LogP contribution >= 0.6 is 24.8 Å². The van der Waals surface area contributed by atoms with Crippen LogP contribution in [0.1, 0.15) is 67.2 Å². The van der Waals surface area contributed by atoms with Gasteiger partial charge >= 0.3 is 11.9 Å². The van der Waals surface area contributed by atoms with Crippen molar-refractivity contribution in [2.45, 2.75) is 90.5 Å². The molecule has 0 heterocycles. The van der Waals surface area contributed by atoms with E-state index in [1.165, 1.54) is 0 Å². The fraction of sp³-hybridized carbons (Fsp3) is 0.889. The first-order valence-corrected chi connectivity index (χ1v) is 8.73. The molecule has 0 aromatic rings. The lowest BCUT2D eigenvalue weighted by Crippen LogP contribution is -2.42. The molecular formula is C18H36Cl2N2O4. The average Bonchev–Trinajstić information content (AvgIpc) is 2.27. The highest BCUT2D eigenvalue weighted by Gasteiger charge is 2.35. The van der Waals surface area contributed by atoms with E-state index in [1.54, 1.807) is 0 Å². The first-order valence-electron chi connectivity index (χ1n) is 8.73. The molecule has 0 amide bonds. The topological polar surface area (TPSA) is 105 Å². The third-order valence-corrected chi connectivity index (χ3v) is 3.83. The van der Waals surface area contributed by atoms with Crippen LogP contribution in [0, 0.1) is 11.8 Å². The molecule has 0 aromatic heterocycles. The number of hydrogen-bond donors (Lipinski definition) is 2. The first-order chi connectivity index (χ1) is 10.8. The summed E-state index contributed by atoms with van der Waals surface area (Å²) in [5, 5.41) is 0. The summed E-state index contributed by atoms with van der Waals surface area (Å²) in [5.74, 6) is -0.0770. The third-order valence-electron chi connectivity index (χ3n) is 3.83. The van der Waals surface area contributed by atoms with E-state index in [-0.39, 0.29) is 71.9 Å². The highest BCUT2D eigenvalue weighted by molar-refractivity contribution is 5.85. The lowest BCUT2D eigenvalue weighted by molar-refractivity contribution is -0.164. The summed E-state index contributed by atoms with van der Waals surface area (Å²) in [4.78, 5) is 22.6. The van der Waals surface area contributed by atoms with Crippen molar-refractivity contribution in [3.05, 3.63) is 0 Å². The van der Waals surface area contributed by atoms with E-state index < -0.39 is 0 Å². The van der Waals surface area contributed by atoms with Crippen molar-refractivity contribution in [3.8, 4) is 0 Å². The zero-order chi connectivity index (χ0) is 18.7. The summed E-state index contributed by atoms with van der Waals surface area (Å²) in [6, 6.07) is 0.421. The van der Waals surface area contributed by atoms with Gasteiger partial charge in [0.1, 0.15) is 11.2 Å². The summed E-state index contributed by atoms with van der Waals surface area (Å²) in [7, 11) is 0. The van der Waals surface area contributed by atoms with Gasteiger partial charge in [0.05, 0.1) is 11.8 Å². The van der Waals surface area contributed by atoms with Crippen molar-refractivity contribution in [1.82, 2.24) is 0 Å². The maximum Gasteiger partial charge on any atom is 0.309 e. The summed E-state index contributed by atoms with van der Waals surface area (Å²) in [5.41, 5.74) is 10.4. The number of carbonyl (C=O) groups is 2. The first kappa shape index (κ1) is 27.7. The number of esters is 2. The van der Waals surface area contributed by atoms with Crippen LogP contribution in [0.4, 0.5) is 0 Å². The molecule has 2 aliphatic carbocycles. The van der Waals surface area contributed by atoms with Crippen molar-refractivity contribution < 1.29 is 19.1 Å². The maximum atomic E-state index is 11.3. The van der Waals surface area contributed by atoms with E-state index in [4.69, 9.17) is 20.9 Å². The van der Waals surface area contributed by atoms with Crippen LogP contribution in [0.15, 0.2) is 0 Å². The molecule has 0 bridgehead atoms. The molecule has 0 aromatic carbocycles. The van der Waals surface area contributed by atoms with Crippen LogP contribution in [0.2, 0.25) is 0 Å². The Morgan fingerprint density at radius 3 is 1.08 bits per heavy atom. The molecule has 6 nitrogen and oxygen atoms in total. The van der Waals surface area contributed by atoms with Gasteiger partial charge in [0.2, 0.25) is 0 Å². The Morgan fingerprint density at radius 1 is 0.692 bits per heavy atom. The van der Waals surface area contributed by atoms with E-state index in [9.17, 15) is 9.59 Å². The Hall–Kier alpha value is -0.560. The quantitative estimate of drug-likeness (QED) is 0.672. The normalized spacial score (nSPS) is 27.1. The molecule has 2 fully saturated rings. The predicted octanol–water partition coefficient (Wildman–Crippen LogP) is 2.97. The van der Waals surface area contributed by atoms with Crippen LogP contribution in [0.3, 0.4) is 0 Å². The van der Waals surface area contributed by atoms with Crippen LogP contribution in [-0.2, 0) is 19.1 Å². The molecule has 0 unspecified atom stereocenters. The van der Waals surface area contributed by atoms with Gasteiger partial charge in [-0.15, -0.1) is 24.8 Å². The van der Waals surface area contributed by atoms with Gasteiger partial charge in [-0.3, -0.25) is 9.59 Å². The smallest absolute Gasteiger partial charge is 0.309 e. The van der Waals surface area contributed by atoms with E-state index in [0.29, 0.717) is 0 Å². The van der Waals surface area contributed by atoms with Crippen LogP contribution in [0.25, 0.3) is 0 Å². The van der Waals surface area contributed by atoms with Gasteiger partial charge in [0, 0.05) is 12.1 Å². The average molecular weight is 415 g/mol. The maximum absolute atomic E-state index is 11.3. The van der Waals surface area contributed by atoms with Gasteiger partial charge in [0.25, 0.3) is 0 Å². The zero-order valence-corrected chi connectivity index (χ0v) is 18.4. The van der Waals surface area contributed by atoms with Crippen molar-refractivity contribution in [3.63, 3.8) is 0 Å². The molecule has 26 heavy (non-hydrogen) atoms. The van der Waals surface area contributed by atoms with E-state index in [1.807, 2.05) is 41.5 Å². The Kier molecular flexibility index (Phi) is 11.4. The van der Waals surface area contributed by atoms with Gasteiger partial charge in [-0.05, 0) is 67.2 Å². The minimum Gasteiger partial charge on any atom is -0.460 e. The molecule has 8 heteroatoms. The Labute approximate surface area is 169 Å². The van der Waals surface area contributed by atoms with Crippen molar-refractivity contribution in [1.29, 1.82) is 0 Å². The van der Waals surface area contributed by atoms with Crippen LogP contribution in [0.5, 0.6) is 0 Å². The second-order valence-electron chi connectivity index (χ2n) is 8.92. The molecule has 2 rings (SSSR count). The Morgan fingerprint density at radius 2 is 0.923 bits per heavy atom. The fourth-order valence-corrected chi connectivity index (χ4v) is 2.48. The number of nitrogens with two attached hydrogens (primary N) is 2. The minimum absolute atomic E-state index is 0. The lowest BCUT2D eigenvalue weighted by atomic mass is 9.81. The lowest BCUT2D eigenvalue weighted by Gasteiger charge is -2.32. The molecule has 0 radical (unpaired) electrons. The van der Waals surface area contributed by atoms with Gasteiger partial charge in [-0.2, -0.15) is 0 Å². The Balaban J connectivity index is 0. The van der Waals surface area contributed by atoms with Crippen LogP contribution in [-0.4, -0.2) is 35.2 Å². The molecule has 0 saturated heterocycles. The largest absolute Gasteiger partial charge is 0.460 e. The standard InChI is InChI=1S/2C9H17NO2.2ClH/c2*1-9(2,3)12-8(11)6-4-7(10)5-6;;/h2*6-7H,4-5,10H2,1-3H3;2*1H. The summed E-state index contributed by atoms with van der Waals surface area (Å²) >= 11 is 0. The Bertz CT molecular complexity index is 407. The molecule has 156 valence electrons.